The van der Waals surface area contributed by atoms with E-state index in [1.165, 1.54) is 12.5 Å². The van der Waals surface area contributed by atoms with Crippen LogP contribution >= 0.6 is 0 Å². The third kappa shape index (κ3) is 8.61. The Morgan fingerprint density at radius 3 is 2.46 bits per heavy atom. The SMILES string of the molecule is COc1ccc(/C=C/C(=O)N[C@@H](CC2CCCCC2)C(=O)N[C@H](C=O)CC2CCCNC2=O)cc1OC. The quantitative estimate of drug-likeness (QED) is 0.292. The molecule has 3 amide bonds. The first-order valence-corrected chi connectivity index (χ1v) is 13.2. The van der Waals surface area contributed by atoms with E-state index in [9.17, 15) is 19.2 Å². The van der Waals surface area contributed by atoms with E-state index in [-0.39, 0.29) is 18.2 Å². The number of methoxy groups -OCH3 is 2. The molecule has 202 valence electrons. The summed E-state index contributed by atoms with van der Waals surface area (Å²) in [5.41, 5.74) is 0.743. The van der Waals surface area contributed by atoms with E-state index >= 15 is 0 Å². The van der Waals surface area contributed by atoms with Crippen molar-refractivity contribution in [3.63, 3.8) is 0 Å². The van der Waals surface area contributed by atoms with Crippen LogP contribution in [0.3, 0.4) is 0 Å². The summed E-state index contributed by atoms with van der Waals surface area (Å²) in [6.07, 6.45) is 11.4. The average Bonchev–Trinajstić information content (AvgIpc) is 2.92. The molecule has 1 saturated heterocycles. The van der Waals surface area contributed by atoms with Gasteiger partial charge in [-0.15, -0.1) is 0 Å². The first-order valence-electron chi connectivity index (χ1n) is 13.2. The topological polar surface area (TPSA) is 123 Å². The second-order valence-corrected chi connectivity index (χ2v) is 9.87. The predicted octanol–water partition coefficient (Wildman–Crippen LogP) is 2.77. The highest BCUT2D eigenvalue weighted by Crippen LogP contribution is 2.29. The van der Waals surface area contributed by atoms with Crippen molar-refractivity contribution in [2.75, 3.05) is 20.8 Å². The van der Waals surface area contributed by atoms with Crippen molar-refractivity contribution in [1.29, 1.82) is 0 Å². The monoisotopic (exact) mass is 513 g/mol. The molecule has 37 heavy (non-hydrogen) atoms. The molecular formula is C28H39N3O6. The van der Waals surface area contributed by atoms with Crippen LogP contribution in [0.5, 0.6) is 11.5 Å². The number of aldehydes is 1. The molecule has 0 bridgehead atoms. The normalized spacial score (nSPS) is 19.9. The van der Waals surface area contributed by atoms with Crippen LogP contribution in [0, 0.1) is 11.8 Å². The lowest BCUT2D eigenvalue weighted by Crippen LogP contribution is -2.51. The maximum absolute atomic E-state index is 13.2. The molecule has 0 radical (unpaired) electrons. The van der Waals surface area contributed by atoms with Crippen molar-refractivity contribution < 1.29 is 28.7 Å². The van der Waals surface area contributed by atoms with Crippen LogP contribution in [-0.4, -0.2) is 56.9 Å². The standard InChI is InChI=1S/C28H39N3O6/c1-36-24-12-10-20(16-25(24)37-2)11-13-26(33)31-23(15-19-7-4-3-5-8-19)28(35)30-22(18-32)17-21-9-6-14-29-27(21)34/h10-13,16,18-19,21-23H,3-9,14-15,17H2,1-2H3,(H,29,34)(H,30,35)(H,31,33)/b13-11+/t21?,22-,23-/m0/s1. The third-order valence-corrected chi connectivity index (χ3v) is 7.19. The lowest BCUT2D eigenvalue weighted by Gasteiger charge is -2.28. The number of hydrogen-bond acceptors (Lipinski definition) is 6. The molecule has 3 atom stereocenters. The molecule has 1 aliphatic heterocycles. The summed E-state index contributed by atoms with van der Waals surface area (Å²) in [4.78, 5) is 49.9. The van der Waals surface area contributed by atoms with E-state index < -0.39 is 23.9 Å². The molecule has 2 fully saturated rings. The molecule has 9 nitrogen and oxygen atoms in total. The summed E-state index contributed by atoms with van der Waals surface area (Å²) in [7, 11) is 3.09. The first kappa shape index (κ1) is 28.2. The van der Waals surface area contributed by atoms with E-state index in [2.05, 4.69) is 16.0 Å². The molecule has 0 aromatic heterocycles. The zero-order valence-electron chi connectivity index (χ0n) is 21.8. The number of nitrogens with one attached hydrogen (secondary N) is 3. The Labute approximate surface area is 218 Å². The summed E-state index contributed by atoms with van der Waals surface area (Å²) in [5.74, 6) is 0.278. The maximum Gasteiger partial charge on any atom is 0.244 e. The molecule has 3 rings (SSSR count). The van der Waals surface area contributed by atoms with Gasteiger partial charge in [-0.05, 0) is 55.4 Å². The fourth-order valence-electron chi connectivity index (χ4n) is 5.13. The van der Waals surface area contributed by atoms with Gasteiger partial charge in [-0.2, -0.15) is 0 Å². The number of piperidine rings is 1. The van der Waals surface area contributed by atoms with Gasteiger partial charge in [0.05, 0.1) is 20.3 Å². The molecule has 1 heterocycles. The summed E-state index contributed by atoms with van der Waals surface area (Å²) in [5, 5.41) is 8.43. The average molecular weight is 514 g/mol. The molecule has 9 heteroatoms. The molecule has 1 aliphatic carbocycles. The van der Waals surface area contributed by atoms with Crippen molar-refractivity contribution in [3.8, 4) is 11.5 Å². The van der Waals surface area contributed by atoms with Gasteiger partial charge in [0.15, 0.2) is 11.5 Å². The Morgan fingerprint density at radius 1 is 1.03 bits per heavy atom. The number of amides is 3. The molecule has 1 aromatic rings. The van der Waals surface area contributed by atoms with Gasteiger partial charge in [-0.3, -0.25) is 14.4 Å². The Hall–Kier alpha value is -3.36. The van der Waals surface area contributed by atoms with Gasteiger partial charge in [0.25, 0.3) is 0 Å². The first-order chi connectivity index (χ1) is 17.9. The minimum atomic E-state index is -0.783. The van der Waals surface area contributed by atoms with Crippen LogP contribution in [0.25, 0.3) is 6.08 Å². The summed E-state index contributed by atoms with van der Waals surface area (Å²) in [6, 6.07) is 3.75. The Balaban J connectivity index is 1.66. The number of carbonyl (C=O) groups excluding carboxylic acids is 4. The van der Waals surface area contributed by atoms with Gasteiger partial charge in [0, 0.05) is 18.5 Å². The maximum atomic E-state index is 13.2. The fraction of sp³-hybridized carbons (Fsp3) is 0.571. The van der Waals surface area contributed by atoms with Crippen molar-refractivity contribution in [2.24, 2.45) is 11.8 Å². The smallest absolute Gasteiger partial charge is 0.244 e. The van der Waals surface area contributed by atoms with Gasteiger partial charge < -0.3 is 30.2 Å². The van der Waals surface area contributed by atoms with Crippen molar-refractivity contribution in [2.45, 2.75) is 69.9 Å². The number of benzene rings is 1. The van der Waals surface area contributed by atoms with Gasteiger partial charge >= 0.3 is 0 Å². The Bertz CT molecular complexity index is 973. The Morgan fingerprint density at radius 2 is 1.78 bits per heavy atom. The van der Waals surface area contributed by atoms with E-state index in [0.717, 1.165) is 37.7 Å². The molecule has 0 spiro atoms. The van der Waals surface area contributed by atoms with Crippen LogP contribution < -0.4 is 25.4 Å². The summed E-state index contributed by atoms with van der Waals surface area (Å²) in [6.45, 7) is 0.639. The number of hydrogen-bond donors (Lipinski definition) is 3. The van der Waals surface area contributed by atoms with Crippen LogP contribution in [0.2, 0.25) is 0 Å². The van der Waals surface area contributed by atoms with Gasteiger partial charge in [0.2, 0.25) is 17.7 Å². The number of ether oxygens (including phenoxy) is 2. The van der Waals surface area contributed by atoms with Crippen LogP contribution in [0.15, 0.2) is 24.3 Å². The number of carbonyl (C=O) groups is 4. The molecule has 1 unspecified atom stereocenters. The van der Waals surface area contributed by atoms with Crippen LogP contribution in [0.1, 0.15) is 63.4 Å². The predicted molar refractivity (Wildman–Crippen MR) is 140 cm³/mol. The fourth-order valence-corrected chi connectivity index (χ4v) is 5.13. The minimum Gasteiger partial charge on any atom is -0.493 e. The zero-order chi connectivity index (χ0) is 26.6. The molecular weight excluding hydrogens is 474 g/mol. The van der Waals surface area contributed by atoms with Crippen molar-refractivity contribution >= 4 is 30.1 Å². The molecule has 2 aliphatic rings. The molecule has 3 N–H and O–H groups in total. The van der Waals surface area contributed by atoms with E-state index in [0.29, 0.717) is 43.1 Å². The minimum absolute atomic E-state index is 0.0836. The highest BCUT2D eigenvalue weighted by atomic mass is 16.5. The highest BCUT2D eigenvalue weighted by molar-refractivity contribution is 5.96. The third-order valence-electron chi connectivity index (χ3n) is 7.19. The van der Waals surface area contributed by atoms with Gasteiger partial charge in [-0.1, -0.05) is 38.2 Å². The van der Waals surface area contributed by atoms with E-state index in [4.69, 9.17) is 9.47 Å². The molecule has 1 saturated carbocycles. The molecule has 1 aromatic carbocycles. The van der Waals surface area contributed by atoms with Crippen LogP contribution in [0.4, 0.5) is 0 Å². The largest absolute Gasteiger partial charge is 0.493 e. The summed E-state index contributed by atoms with van der Waals surface area (Å²) >= 11 is 0. The zero-order valence-corrected chi connectivity index (χ0v) is 21.8. The number of rotatable bonds is 12. The van der Waals surface area contributed by atoms with Gasteiger partial charge in [-0.25, -0.2) is 0 Å². The van der Waals surface area contributed by atoms with Crippen molar-refractivity contribution in [3.05, 3.63) is 29.8 Å². The lowest BCUT2D eigenvalue weighted by molar-refractivity contribution is -0.130. The second-order valence-electron chi connectivity index (χ2n) is 9.87. The summed E-state index contributed by atoms with van der Waals surface area (Å²) < 4.78 is 10.5. The van der Waals surface area contributed by atoms with Crippen LogP contribution in [-0.2, 0) is 19.2 Å². The van der Waals surface area contributed by atoms with Gasteiger partial charge in [0.1, 0.15) is 12.3 Å². The van der Waals surface area contributed by atoms with E-state index in [1.54, 1.807) is 38.5 Å². The Kier molecular flexibility index (Phi) is 11.0. The second kappa shape index (κ2) is 14.4. The van der Waals surface area contributed by atoms with Crippen molar-refractivity contribution in [1.82, 2.24) is 16.0 Å². The lowest BCUT2D eigenvalue weighted by atomic mass is 9.84. The van der Waals surface area contributed by atoms with E-state index in [1.807, 2.05) is 0 Å². The highest BCUT2D eigenvalue weighted by Gasteiger charge is 2.30.